The van der Waals surface area contributed by atoms with Crippen molar-refractivity contribution in [1.82, 2.24) is 4.90 Å². The van der Waals surface area contributed by atoms with Crippen molar-refractivity contribution in [2.75, 3.05) is 33.9 Å². The van der Waals surface area contributed by atoms with Crippen LogP contribution in [0.25, 0.3) is 0 Å². The molecule has 1 saturated carbocycles. The molecule has 6 heteroatoms. The van der Waals surface area contributed by atoms with Gasteiger partial charge in [-0.2, -0.15) is 0 Å². The Kier molecular flexibility index (Phi) is 7.34. The van der Waals surface area contributed by atoms with Gasteiger partial charge in [-0.15, -0.1) is 0 Å². The zero-order chi connectivity index (χ0) is 23.6. The van der Waals surface area contributed by atoms with Gasteiger partial charge in [-0.05, 0) is 54.7 Å². The number of hydrogen-bond donors (Lipinski definition) is 1. The van der Waals surface area contributed by atoms with Gasteiger partial charge in [0.15, 0.2) is 11.5 Å². The van der Waals surface area contributed by atoms with Gasteiger partial charge < -0.3 is 19.3 Å². The Morgan fingerprint density at radius 2 is 2.03 bits per heavy atom. The van der Waals surface area contributed by atoms with Crippen LogP contribution in [0.2, 0.25) is 0 Å². The number of aliphatic hydroxyl groups is 1. The van der Waals surface area contributed by atoms with E-state index in [0.29, 0.717) is 36.9 Å². The topological polar surface area (TPSA) is 68.2 Å². The molecule has 1 aliphatic heterocycles. The van der Waals surface area contributed by atoms with Crippen LogP contribution in [-0.4, -0.2) is 56.0 Å². The molecule has 4 rings (SSSR count). The third kappa shape index (κ3) is 4.92. The third-order valence-electron chi connectivity index (χ3n) is 8.02. The average Bonchev–Trinajstić information content (AvgIpc) is 3.09. The number of carbonyl (C=O) groups excluding carboxylic acids is 1. The first-order valence-corrected chi connectivity index (χ1v) is 12.4. The standard InChI is InChI=1S/C27H39NO5/c1-18-7-5-10-27(2)15-25-20(14-22(18)27)21(26(30)33-25)17-28(11-6-12-29)16-19-8-9-23(31-3)24(13-19)32-4/h8-9,13-14,18,20-21,25,29H,5-7,10-12,15-17H2,1-4H3/t18-,20+,21-,25+,27-/m0/s1. The molecule has 0 spiro atoms. The lowest BCUT2D eigenvalue weighted by Gasteiger charge is -2.46. The first kappa shape index (κ1) is 24.1. The van der Waals surface area contributed by atoms with Crippen molar-refractivity contribution in [2.24, 2.45) is 23.2 Å². The van der Waals surface area contributed by atoms with Gasteiger partial charge >= 0.3 is 5.97 Å². The van der Waals surface area contributed by atoms with Crippen molar-refractivity contribution in [3.8, 4) is 11.5 Å². The lowest BCUT2D eigenvalue weighted by atomic mass is 9.59. The number of aliphatic hydroxyl groups excluding tert-OH is 1. The fraction of sp³-hybridized carbons (Fsp3) is 0.667. The highest BCUT2D eigenvalue weighted by Crippen LogP contribution is 2.54. The van der Waals surface area contributed by atoms with E-state index in [9.17, 15) is 9.90 Å². The van der Waals surface area contributed by atoms with E-state index in [-0.39, 0.29) is 35.9 Å². The first-order valence-electron chi connectivity index (χ1n) is 12.4. The predicted octanol–water partition coefficient (Wildman–Crippen LogP) is 4.20. The molecule has 2 aliphatic carbocycles. The summed E-state index contributed by atoms with van der Waals surface area (Å²) in [6.07, 6.45) is 7.69. The smallest absolute Gasteiger partial charge is 0.311 e. The molecule has 0 unspecified atom stereocenters. The van der Waals surface area contributed by atoms with Crippen LogP contribution in [0.5, 0.6) is 11.5 Å². The van der Waals surface area contributed by atoms with Crippen LogP contribution >= 0.6 is 0 Å². The summed E-state index contributed by atoms with van der Waals surface area (Å²) < 4.78 is 16.8. The number of nitrogens with zero attached hydrogens (tertiary/aromatic N) is 1. The average molecular weight is 458 g/mol. The third-order valence-corrected chi connectivity index (χ3v) is 8.02. The minimum Gasteiger partial charge on any atom is -0.493 e. The fourth-order valence-corrected chi connectivity index (χ4v) is 6.30. The van der Waals surface area contributed by atoms with Crippen molar-refractivity contribution in [3.63, 3.8) is 0 Å². The second-order valence-electron chi connectivity index (χ2n) is 10.3. The van der Waals surface area contributed by atoms with Crippen molar-refractivity contribution in [2.45, 2.75) is 58.6 Å². The van der Waals surface area contributed by atoms with Gasteiger partial charge in [0.2, 0.25) is 0 Å². The largest absolute Gasteiger partial charge is 0.493 e. The van der Waals surface area contributed by atoms with Gasteiger partial charge in [0.1, 0.15) is 6.10 Å². The molecule has 0 aromatic heterocycles. The molecule has 5 atom stereocenters. The van der Waals surface area contributed by atoms with Crippen molar-refractivity contribution in [3.05, 3.63) is 35.4 Å². The molecule has 6 nitrogen and oxygen atoms in total. The summed E-state index contributed by atoms with van der Waals surface area (Å²) in [5.41, 5.74) is 2.80. The molecule has 182 valence electrons. The zero-order valence-corrected chi connectivity index (χ0v) is 20.5. The molecular weight excluding hydrogens is 418 g/mol. The SMILES string of the molecule is COc1ccc(CN(CCCO)C[C@@H]2C(=O)O[C@@H]3C[C@]4(C)CCC[C@H](C)C4=C[C@H]23)cc1OC. The lowest BCUT2D eigenvalue weighted by Crippen LogP contribution is -2.41. The summed E-state index contributed by atoms with van der Waals surface area (Å²) in [5.74, 6) is 1.88. The Morgan fingerprint density at radius 1 is 1.24 bits per heavy atom. The predicted molar refractivity (Wildman–Crippen MR) is 127 cm³/mol. The second-order valence-corrected chi connectivity index (χ2v) is 10.3. The molecule has 1 N–H and O–H groups in total. The number of hydrogen-bond acceptors (Lipinski definition) is 6. The monoisotopic (exact) mass is 457 g/mol. The van der Waals surface area contributed by atoms with Gasteiger partial charge in [0.05, 0.1) is 20.1 Å². The summed E-state index contributed by atoms with van der Waals surface area (Å²) in [7, 11) is 3.26. The van der Waals surface area contributed by atoms with E-state index in [1.54, 1.807) is 19.8 Å². The van der Waals surface area contributed by atoms with Crippen LogP contribution in [0.3, 0.4) is 0 Å². The molecule has 0 amide bonds. The Balaban J connectivity index is 1.54. The van der Waals surface area contributed by atoms with Crippen molar-refractivity contribution < 1.29 is 24.1 Å². The van der Waals surface area contributed by atoms with Gasteiger partial charge in [-0.3, -0.25) is 9.69 Å². The molecule has 3 aliphatic rings. The van der Waals surface area contributed by atoms with Gasteiger partial charge in [-0.25, -0.2) is 0 Å². The van der Waals surface area contributed by atoms with Crippen LogP contribution < -0.4 is 9.47 Å². The van der Waals surface area contributed by atoms with E-state index >= 15 is 0 Å². The maximum Gasteiger partial charge on any atom is 0.311 e. The number of carbonyl (C=O) groups is 1. The first-order chi connectivity index (χ1) is 15.9. The van der Waals surface area contributed by atoms with Crippen molar-refractivity contribution >= 4 is 5.97 Å². The maximum atomic E-state index is 13.0. The molecule has 0 radical (unpaired) electrons. The summed E-state index contributed by atoms with van der Waals surface area (Å²) in [4.78, 5) is 15.3. The lowest BCUT2D eigenvalue weighted by molar-refractivity contribution is -0.145. The molecule has 1 aromatic carbocycles. The van der Waals surface area contributed by atoms with Gasteiger partial charge in [0, 0.05) is 32.2 Å². The minimum absolute atomic E-state index is 0.0117. The van der Waals surface area contributed by atoms with E-state index in [4.69, 9.17) is 14.2 Å². The van der Waals surface area contributed by atoms with E-state index in [0.717, 1.165) is 18.5 Å². The molecule has 2 fully saturated rings. The molecule has 1 heterocycles. The van der Waals surface area contributed by atoms with Crippen LogP contribution in [0.15, 0.2) is 29.8 Å². The zero-order valence-electron chi connectivity index (χ0n) is 20.5. The molecule has 33 heavy (non-hydrogen) atoms. The highest BCUT2D eigenvalue weighted by Gasteiger charge is 2.51. The molecule has 1 aromatic rings. The number of fused-ring (bicyclic) bond motifs is 2. The Labute approximate surface area is 197 Å². The molecule has 1 saturated heterocycles. The van der Waals surface area contributed by atoms with E-state index in [1.165, 1.54) is 19.3 Å². The van der Waals surface area contributed by atoms with Crippen LogP contribution in [0.1, 0.15) is 51.5 Å². The van der Waals surface area contributed by atoms with Crippen LogP contribution in [-0.2, 0) is 16.1 Å². The van der Waals surface area contributed by atoms with E-state index in [1.807, 2.05) is 18.2 Å². The number of benzene rings is 1. The summed E-state index contributed by atoms with van der Waals surface area (Å²) in [5, 5.41) is 9.45. The normalized spacial score (nSPS) is 31.0. The minimum atomic E-state index is -0.167. The number of esters is 1. The highest BCUT2D eigenvalue weighted by molar-refractivity contribution is 5.76. The number of ether oxygens (including phenoxy) is 3. The van der Waals surface area contributed by atoms with Gasteiger partial charge in [-0.1, -0.05) is 38.0 Å². The Hall–Kier alpha value is -2.05. The van der Waals surface area contributed by atoms with Gasteiger partial charge in [0.25, 0.3) is 0 Å². The highest BCUT2D eigenvalue weighted by atomic mass is 16.6. The molecule has 0 bridgehead atoms. The Bertz CT molecular complexity index is 883. The number of rotatable bonds is 9. The number of allylic oxidation sites excluding steroid dienone is 1. The quantitative estimate of drug-likeness (QED) is 0.443. The summed E-state index contributed by atoms with van der Waals surface area (Å²) in [6, 6.07) is 5.92. The second kappa shape index (κ2) is 10.1. The fourth-order valence-electron chi connectivity index (χ4n) is 6.30. The van der Waals surface area contributed by atoms with Crippen LogP contribution in [0, 0.1) is 23.2 Å². The maximum absolute atomic E-state index is 13.0. The summed E-state index contributed by atoms with van der Waals surface area (Å²) in [6.45, 7) is 6.84. The van der Waals surface area contributed by atoms with E-state index in [2.05, 4.69) is 24.8 Å². The van der Waals surface area contributed by atoms with Crippen LogP contribution in [0.4, 0.5) is 0 Å². The summed E-state index contributed by atoms with van der Waals surface area (Å²) >= 11 is 0. The van der Waals surface area contributed by atoms with Crippen molar-refractivity contribution in [1.29, 1.82) is 0 Å². The molecular formula is C27H39NO5. The van der Waals surface area contributed by atoms with E-state index < -0.39 is 0 Å². The Morgan fingerprint density at radius 3 is 2.76 bits per heavy atom. The number of methoxy groups -OCH3 is 2.